The third-order valence-corrected chi connectivity index (χ3v) is 6.55. The van der Waals surface area contributed by atoms with E-state index in [-0.39, 0.29) is 29.2 Å². The number of aromatic nitrogens is 3. The number of phenolic OH excluding ortho intramolecular Hbond substituents is 1. The van der Waals surface area contributed by atoms with Gasteiger partial charge in [-0.25, -0.2) is 23.7 Å². The zero-order valence-electron chi connectivity index (χ0n) is 23.3. The van der Waals surface area contributed by atoms with E-state index in [2.05, 4.69) is 11.6 Å². The Morgan fingerprint density at radius 2 is 1.93 bits per heavy atom. The first-order chi connectivity index (χ1) is 19.5. The Morgan fingerprint density at radius 3 is 2.54 bits per heavy atom. The van der Waals surface area contributed by atoms with Gasteiger partial charge in [-0.2, -0.15) is 0 Å². The molecule has 41 heavy (non-hydrogen) atoms. The number of nitrogens with zero attached hydrogens (tertiary/aromatic N) is 4. The third kappa shape index (κ3) is 6.01. The summed E-state index contributed by atoms with van der Waals surface area (Å²) >= 11 is 0. The van der Waals surface area contributed by atoms with Crippen LogP contribution in [0.15, 0.2) is 71.4 Å². The topological polar surface area (TPSA) is 116 Å². The predicted molar refractivity (Wildman–Crippen MR) is 155 cm³/mol. The fraction of sp³-hybridized carbons (Fsp3) is 0.226. The number of benzene rings is 2. The second kappa shape index (κ2) is 12.1. The van der Waals surface area contributed by atoms with Gasteiger partial charge in [0.25, 0.3) is 5.91 Å². The molecule has 4 rings (SSSR count). The molecule has 212 valence electrons. The van der Waals surface area contributed by atoms with Crippen molar-refractivity contribution in [2.24, 2.45) is 10.7 Å². The molecule has 4 aromatic rings. The maximum Gasteiger partial charge on any atom is 0.250 e. The van der Waals surface area contributed by atoms with Crippen molar-refractivity contribution in [3.63, 3.8) is 0 Å². The van der Waals surface area contributed by atoms with Gasteiger partial charge in [-0.05, 0) is 32.4 Å². The van der Waals surface area contributed by atoms with Crippen molar-refractivity contribution in [1.82, 2.24) is 14.5 Å². The molecule has 2 aromatic carbocycles. The van der Waals surface area contributed by atoms with Gasteiger partial charge >= 0.3 is 0 Å². The van der Waals surface area contributed by atoms with Crippen molar-refractivity contribution in [3.8, 4) is 22.9 Å². The number of ether oxygens (including phenoxy) is 1. The van der Waals surface area contributed by atoms with Gasteiger partial charge in [-0.3, -0.25) is 4.79 Å². The van der Waals surface area contributed by atoms with Gasteiger partial charge in [0, 0.05) is 39.9 Å². The molecule has 0 saturated carbocycles. The first-order valence-electron chi connectivity index (χ1n) is 13.0. The number of hydrogen-bond donors (Lipinski definition) is 2. The van der Waals surface area contributed by atoms with Crippen molar-refractivity contribution in [3.05, 3.63) is 89.3 Å². The summed E-state index contributed by atoms with van der Waals surface area (Å²) in [4.78, 5) is 26.2. The number of carbonyl (C=O) groups excluding carboxylic acids is 1. The van der Waals surface area contributed by atoms with E-state index in [0.29, 0.717) is 46.7 Å². The fourth-order valence-electron chi connectivity index (χ4n) is 4.68. The zero-order valence-corrected chi connectivity index (χ0v) is 23.3. The number of halogens is 2. The molecular weight excluding hydrogens is 528 g/mol. The van der Waals surface area contributed by atoms with Gasteiger partial charge < -0.3 is 20.1 Å². The molecule has 2 aromatic heterocycles. The quantitative estimate of drug-likeness (QED) is 0.134. The van der Waals surface area contributed by atoms with Gasteiger partial charge in [-0.1, -0.05) is 43.7 Å². The highest BCUT2D eigenvalue weighted by Gasteiger charge is 2.22. The molecule has 0 aliphatic heterocycles. The Bertz CT molecular complexity index is 1700. The maximum atomic E-state index is 14.7. The van der Waals surface area contributed by atoms with Crippen LogP contribution >= 0.6 is 0 Å². The lowest BCUT2D eigenvalue weighted by Crippen LogP contribution is -2.21. The minimum atomic E-state index is -0.852. The van der Waals surface area contributed by atoms with E-state index in [1.807, 2.05) is 38.1 Å². The summed E-state index contributed by atoms with van der Waals surface area (Å²) in [5.74, 6) is -2.04. The lowest BCUT2D eigenvalue weighted by molar-refractivity contribution is -0.114. The molecule has 0 bridgehead atoms. The van der Waals surface area contributed by atoms with Crippen molar-refractivity contribution in [2.45, 2.75) is 40.2 Å². The van der Waals surface area contributed by atoms with Crippen LogP contribution in [-0.4, -0.2) is 38.4 Å². The highest BCUT2D eigenvalue weighted by Crippen LogP contribution is 2.36. The molecular formula is C31H31F2N5O3. The number of hydrogen-bond acceptors (Lipinski definition) is 6. The number of aromatic hydroxyl groups is 1. The summed E-state index contributed by atoms with van der Waals surface area (Å²) in [5.41, 5.74) is 8.80. The molecule has 0 spiro atoms. The predicted octanol–water partition coefficient (Wildman–Crippen LogP) is 6.31. The van der Waals surface area contributed by atoms with Crippen molar-refractivity contribution in [2.75, 3.05) is 7.11 Å². The maximum absolute atomic E-state index is 14.7. The normalized spacial score (nSPS) is 12.1. The minimum absolute atomic E-state index is 0.125. The Hall–Kier alpha value is -4.86. The van der Waals surface area contributed by atoms with Gasteiger partial charge in [0.1, 0.15) is 17.4 Å². The number of rotatable bonds is 10. The van der Waals surface area contributed by atoms with Crippen LogP contribution in [0.25, 0.3) is 22.3 Å². The molecule has 0 radical (unpaired) electrons. The zero-order chi connectivity index (χ0) is 29.8. The van der Waals surface area contributed by atoms with Gasteiger partial charge in [-0.15, -0.1) is 0 Å². The van der Waals surface area contributed by atoms with Crippen LogP contribution in [0.4, 0.5) is 14.6 Å². The van der Waals surface area contributed by atoms with E-state index in [0.717, 1.165) is 17.5 Å². The van der Waals surface area contributed by atoms with Gasteiger partial charge in [0.05, 0.1) is 31.1 Å². The highest BCUT2D eigenvalue weighted by atomic mass is 19.1. The molecule has 8 nitrogen and oxygen atoms in total. The summed E-state index contributed by atoms with van der Waals surface area (Å²) in [7, 11) is 1.47. The number of nitrogens with two attached hydrogens (primary N) is 1. The van der Waals surface area contributed by atoms with Crippen LogP contribution < -0.4 is 10.5 Å². The lowest BCUT2D eigenvalue weighted by atomic mass is 10.0. The molecule has 10 heteroatoms. The number of para-hydroxylation sites is 1. The van der Waals surface area contributed by atoms with E-state index in [1.165, 1.54) is 13.3 Å². The second-order valence-corrected chi connectivity index (χ2v) is 9.61. The average Bonchev–Trinajstić information content (AvgIpc) is 3.19. The van der Waals surface area contributed by atoms with E-state index >= 15 is 0 Å². The standard InChI is InChI=1S/C31H31F2N5O3/c1-6-9-25(21(29(34)40)12-17(2)3)36-30-27(41-5)15-35-31(37-30)28-18(4)38(26-11-8-7-10-20(26)28)16-22-23(32)13-19(39)14-24(22)33/h7-8,10-15,39H,2,6,9,16H2,1,3-5H3,(H2,34,40)/b21-12+,36-25?. The first kappa shape index (κ1) is 29.1. The minimum Gasteiger partial charge on any atom is -0.508 e. The number of phenols is 1. The van der Waals surface area contributed by atoms with Crippen LogP contribution in [0.2, 0.25) is 0 Å². The van der Waals surface area contributed by atoms with E-state index in [1.54, 1.807) is 17.6 Å². The summed E-state index contributed by atoms with van der Waals surface area (Å²) in [6, 6.07) is 9.15. The molecule has 1 amide bonds. The van der Waals surface area contributed by atoms with Crippen LogP contribution in [0.5, 0.6) is 11.5 Å². The summed E-state index contributed by atoms with van der Waals surface area (Å²) < 4.78 is 36.6. The second-order valence-electron chi connectivity index (χ2n) is 9.61. The lowest BCUT2D eigenvalue weighted by Gasteiger charge is -2.12. The van der Waals surface area contributed by atoms with Crippen molar-refractivity contribution < 1.29 is 23.4 Å². The molecule has 3 N–H and O–H groups in total. The van der Waals surface area contributed by atoms with E-state index in [4.69, 9.17) is 20.4 Å². The van der Waals surface area contributed by atoms with Crippen LogP contribution in [0.1, 0.15) is 37.9 Å². The Morgan fingerprint density at radius 1 is 1.24 bits per heavy atom. The molecule has 0 aliphatic carbocycles. The Labute approximate surface area is 236 Å². The van der Waals surface area contributed by atoms with Crippen molar-refractivity contribution >= 4 is 28.3 Å². The monoisotopic (exact) mass is 559 g/mol. The number of allylic oxidation sites excluding steroid dienone is 2. The largest absolute Gasteiger partial charge is 0.508 e. The SMILES string of the molecule is C=C(C)/C=C(/C(N)=O)C(CCC)=Nc1nc(-c2c(C)n(Cc3c(F)cc(O)cc3F)c3ccccc23)ncc1OC. The van der Waals surface area contributed by atoms with E-state index < -0.39 is 23.3 Å². The summed E-state index contributed by atoms with van der Waals surface area (Å²) in [5, 5.41) is 10.3. The number of methoxy groups -OCH3 is 1. The first-order valence-corrected chi connectivity index (χ1v) is 13.0. The highest BCUT2D eigenvalue weighted by molar-refractivity contribution is 6.22. The number of amides is 1. The van der Waals surface area contributed by atoms with Crippen LogP contribution in [-0.2, 0) is 11.3 Å². The summed E-state index contributed by atoms with van der Waals surface area (Å²) in [6.07, 6.45) is 4.22. The number of primary amides is 1. The molecule has 0 fully saturated rings. The fourth-order valence-corrected chi connectivity index (χ4v) is 4.68. The Kier molecular flexibility index (Phi) is 8.61. The molecule has 2 heterocycles. The van der Waals surface area contributed by atoms with Gasteiger partial charge in [0.15, 0.2) is 17.4 Å². The average molecular weight is 560 g/mol. The number of carbonyl (C=O) groups is 1. The number of aliphatic imine (C=N–C) groups is 1. The molecule has 0 aliphatic rings. The van der Waals surface area contributed by atoms with E-state index in [9.17, 15) is 18.7 Å². The van der Waals surface area contributed by atoms with Crippen LogP contribution in [0.3, 0.4) is 0 Å². The molecule has 0 saturated heterocycles. The van der Waals surface area contributed by atoms with Gasteiger partial charge in [0.2, 0.25) is 0 Å². The Balaban J connectivity index is 1.92. The molecule has 0 unspecified atom stereocenters. The van der Waals surface area contributed by atoms with Crippen molar-refractivity contribution in [1.29, 1.82) is 0 Å². The number of fused-ring (bicyclic) bond motifs is 1. The smallest absolute Gasteiger partial charge is 0.250 e. The third-order valence-electron chi connectivity index (χ3n) is 6.55. The summed E-state index contributed by atoms with van der Waals surface area (Å²) in [6.45, 7) is 9.24. The van der Waals surface area contributed by atoms with Crippen LogP contribution in [0, 0.1) is 18.6 Å². The molecule has 0 atom stereocenters.